The van der Waals surface area contributed by atoms with Crippen molar-refractivity contribution in [3.05, 3.63) is 22.4 Å². The normalized spacial score (nSPS) is 32.6. The van der Waals surface area contributed by atoms with Crippen LogP contribution in [0.5, 0.6) is 0 Å². The largest absolute Gasteiger partial charge is 0.307 e. The molecule has 2 heteroatoms. The molecule has 0 spiro atoms. The number of rotatable bonds is 3. The SMILES string of the molecule is CC(NC1CCC(C)C(C)C1)c1ccsc1. The van der Waals surface area contributed by atoms with E-state index in [4.69, 9.17) is 0 Å². The maximum atomic E-state index is 3.78. The third-order valence-electron chi connectivity index (χ3n) is 4.13. The lowest BCUT2D eigenvalue weighted by molar-refractivity contribution is 0.217. The van der Waals surface area contributed by atoms with Gasteiger partial charge in [-0.2, -0.15) is 11.3 Å². The van der Waals surface area contributed by atoms with Crippen LogP contribution in [-0.4, -0.2) is 6.04 Å². The Morgan fingerprint density at radius 1 is 1.31 bits per heavy atom. The molecule has 1 aromatic heterocycles. The van der Waals surface area contributed by atoms with Crippen molar-refractivity contribution in [2.75, 3.05) is 0 Å². The second kappa shape index (κ2) is 5.33. The first-order chi connectivity index (χ1) is 7.66. The van der Waals surface area contributed by atoms with Crippen LogP contribution in [0.1, 0.15) is 51.6 Å². The molecule has 1 N–H and O–H groups in total. The van der Waals surface area contributed by atoms with Crippen LogP contribution >= 0.6 is 11.3 Å². The maximum absolute atomic E-state index is 3.78. The zero-order valence-electron chi connectivity index (χ0n) is 10.6. The molecule has 4 atom stereocenters. The van der Waals surface area contributed by atoms with Gasteiger partial charge >= 0.3 is 0 Å². The highest BCUT2D eigenvalue weighted by atomic mass is 32.1. The van der Waals surface area contributed by atoms with E-state index in [0.29, 0.717) is 6.04 Å². The molecule has 0 bridgehead atoms. The predicted molar refractivity (Wildman–Crippen MR) is 71.8 cm³/mol. The minimum absolute atomic E-state index is 0.511. The Morgan fingerprint density at radius 2 is 2.12 bits per heavy atom. The third-order valence-corrected chi connectivity index (χ3v) is 4.83. The molecule has 4 unspecified atom stereocenters. The average molecular weight is 237 g/mol. The van der Waals surface area contributed by atoms with Gasteiger partial charge in [-0.3, -0.25) is 0 Å². The summed E-state index contributed by atoms with van der Waals surface area (Å²) >= 11 is 1.79. The van der Waals surface area contributed by atoms with E-state index in [1.165, 1.54) is 24.8 Å². The molecule has 1 saturated carbocycles. The standard InChI is InChI=1S/C14H23NS/c1-10-4-5-14(8-11(10)2)15-12(3)13-6-7-16-9-13/h6-7,9-12,14-15H,4-5,8H2,1-3H3. The van der Waals surface area contributed by atoms with E-state index in [1.54, 1.807) is 11.3 Å². The predicted octanol–water partition coefficient (Wildman–Crippen LogP) is 4.22. The molecule has 90 valence electrons. The van der Waals surface area contributed by atoms with Crippen molar-refractivity contribution >= 4 is 11.3 Å². The average Bonchev–Trinajstić information content (AvgIpc) is 2.77. The summed E-state index contributed by atoms with van der Waals surface area (Å²) in [4.78, 5) is 0. The summed E-state index contributed by atoms with van der Waals surface area (Å²) in [7, 11) is 0. The summed E-state index contributed by atoms with van der Waals surface area (Å²) in [6, 6.07) is 3.47. The van der Waals surface area contributed by atoms with E-state index in [2.05, 4.69) is 42.9 Å². The van der Waals surface area contributed by atoms with Crippen LogP contribution in [0.15, 0.2) is 16.8 Å². The molecule has 0 aromatic carbocycles. The van der Waals surface area contributed by atoms with Gasteiger partial charge in [0.05, 0.1) is 0 Å². The van der Waals surface area contributed by atoms with E-state index >= 15 is 0 Å². The van der Waals surface area contributed by atoms with E-state index < -0.39 is 0 Å². The van der Waals surface area contributed by atoms with Gasteiger partial charge in [-0.15, -0.1) is 0 Å². The molecule has 16 heavy (non-hydrogen) atoms. The minimum atomic E-state index is 0.511. The van der Waals surface area contributed by atoms with Crippen LogP contribution in [0.2, 0.25) is 0 Å². The van der Waals surface area contributed by atoms with Gasteiger partial charge in [0.1, 0.15) is 0 Å². The minimum Gasteiger partial charge on any atom is -0.307 e. The first kappa shape index (κ1) is 12.1. The molecular weight excluding hydrogens is 214 g/mol. The highest BCUT2D eigenvalue weighted by Crippen LogP contribution is 2.30. The second-order valence-electron chi connectivity index (χ2n) is 5.41. The van der Waals surface area contributed by atoms with Crippen molar-refractivity contribution in [1.29, 1.82) is 0 Å². The summed E-state index contributed by atoms with van der Waals surface area (Å²) in [5.74, 6) is 1.79. The van der Waals surface area contributed by atoms with Crippen LogP contribution < -0.4 is 5.32 Å². The lowest BCUT2D eigenvalue weighted by atomic mass is 9.79. The smallest absolute Gasteiger partial charge is 0.0302 e. The number of nitrogens with one attached hydrogen (secondary N) is 1. The maximum Gasteiger partial charge on any atom is 0.0302 e. The summed E-state index contributed by atoms with van der Waals surface area (Å²) in [6.45, 7) is 7.07. The van der Waals surface area contributed by atoms with Crippen LogP contribution in [-0.2, 0) is 0 Å². The van der Waals surface area contributed by atoms with E-state index in [1.807, 2.05) is 0 Å². The Morgan fingerprint density at radius 3 is 2.75 bits per heavy atom. The molecule has 1 heterocycles. The second-order valence-corrected chi connectivity index (χ2v) is 6.19. The highest BCUT2D eigenvalue weighted by Gasteiger charge is 2.25. The molecule has 0 saturated heterocycles. The monoisotopic (exact) mass is 237 g/mol. The molecule has 1 aliphatic carbocycles. The first-order valence-electron chi connectivity index (χ1n) is 6.45. The van der Waals surface area contributed by atoms with Gasteiger partial charge in [0.2, 0.25) is 0 Å². The number of hydrogen-bond acceptors (Lipinski definition) is 2. The fourth-order valence-electron chi connectivity index (χ4n) is 2.67. The summed E-state index contributed by atoms with van der Waals surface area (Å²) in [6.07, 6.45) is 4.07. The molecule has 0 radical (unpaired) electrons. The Hall–Kier alpha value is -0.340. The molecule has 1 aromatic rings. The van der Waals surface area contributed by atoms with Crippen LogP contribution in [0.4, 0.5) is 0 Å². The fourth-order valence-corrected chi connectivity index (χ4v) is 3.42. The molecule has 0 amide bonds. The van der Waals surface area contributed by atoms with Gasteiger partial charge in [0.15, 0.2) is 0 Å². The van der Waals surface area contributed by atoms with Crippen LogP contribution in [0.25, 0.3) is 0 Å². The summed E-state index contributed by atoms with van der Waals surface area (Å²) in [5.41, 5.74) is 1.44. The van der Waals surface area contributed by atoms with Crippen molar-refractivity contribution in [2.24, 2.45) is 11.8 Å². The molecular formula is C14H23NS. The first-order valence-corrected chi connectivity index (χ1v) is 7.39. The van der Waals surface area contributed by atoms with E-state index in [0.717, 1.165) is 17.9 Å². The molecule has 1 aliphatic rings. The third kappa shape index (κ3) is 2.86. The van der Waals surface area contributed by atoms with Crippen molar-refractivity contribution in [1.82, 2.24) is 5.32 Å². The van der Waals surface area contributed by atoms with Crippen LogP contribution in [0, 0.1) is 11.8 Å². The van der Waals surface area contributed by atoms with Gasteiger partial charge in [0, 0.05) is 12.1 Å². The molecule has 1 fully saturated rings. The van der Waals surface area contributed by atoms with E-state index in [9.17, 15) is 0 Å². The fraction of sp³-hybridized carbons (Fsp3) is 0.714. The topological polar surface area (TPSA) is 12.0 Å². The highest BCUT2D eigenvalue weighted by molar-refractivity contribution is 7.07. The summed E-state index contributed by atoms with van der Waals surface area (Å²) < 4.78 is 0. The summed E-state index contributed by atoms with van der Waals surface area (Å²) in [5, 5.41) is 8.20. The lowest BCUT2D eigenvalue weighted by Crippen LogP contribution is -2.37. The van der Waals surface area contributed by atoms with Crippen LogP contribution in [0.3, 0.4) is 0 Å². The van der Waals surface area contributed by atoms with Gasteiger partial charge in [-0.1, -0.05) is 13.8 Å². The quantitative estimate of drug-likeness (QED) is 0.830. The zero-order chi connectivity index (χ0) is 11.5. The Bertz CT molecular complexity index is 307. The van der Waals surface area contributed by atoms with Crippen molar-refractivity contribution in [3.8, 4) is 0 Å². The number of thiophene rings is 1. The van der Waals surface area contributed by atoms with Crippen molar-refractivity contribution < 1.29 is 0 Å². The zero-order valence-corrected chi connectivity index (χ0v) is 11.4. The number of hydrogen-bond donors (Lipinski definition) is 1. The van der Waals surface area contributed by atoms with E-state index in [-0.39, 0.29) is 0 Å². The Balaban J connectivity index is 1.86. The lowest BCUT2D eigenvalue weighted by Gasteiger charge is -2.34. The van der Waals surface area contributed by atoms with Crippen molar-refractivity contribution in [2.45, 2.75) is 52.1 Å². The molecule has 1 nitrogen and oxygen atoms in total. The molecule has 2 rings (SSSR count). The van der Waals surface area contributed by atoms with Gasteiger partial charge < -0.3 is 5.32 Å². The van der Waals surface area contributed by atoms with Gasteiger partial charge in [-0.25, -0.2) is 0 Å². The van der Waals surface area contributed by atoms with Gasteiger partial charge in [-0.05, 0) is 60.4 Å². The van der Waals surface area contributed by atoms with Crippen molar-refractivity contribution in [3.63, 3.8) is 0 Å². The Kier molecular flexibility index (Phi) is 4.04. The Labute approximate surface area is 103 Å². The van der Waals surface area contributed by atoms with Gasteiger partial charge in [0.25, 0.3) is 0 Å². The molecule has 0 aliphatic heterocycles.